The molecule has 136 valence electrons. The summed E-state index contributed by atoms with van der Waals surface area (Å²) < 4.78 is 78.6. The third kappa shape index (κ3) is 5.30. The number of nitrogens with one attached hydrogen (secondary N) is 1. The van der Waals surface area contributed by atoms with Gasteiger partial charge < -0.3 is 15.2 Å². The van der Waals surface area contributed by atoms with Gasteiger partial charge >= 0.3 is 12.3 Å². The molecule has 1 rings (SSSR count). The molecule has 11 heteroatoms. The van der Waals surface area contributed by atoms with Crippen molar-refractivity contribution in [1.29, 1.82) is 5.26 Å². The van der Waals surface area contributed by atoms with Gasteiger partial charge in [-0.1, -0.05) is 0 Å². The van der Waals surface area contributed by atoms with E-state index in [-0.39, 0.29) is 5.69 Å². The number of ether oxygens (including phenoxy) is 1. The zero-order chi connectivity index (χ0) is 19.4. The average molecular weight is 368 g/mol. The first-order valence-corrected chi connectivity index (χ1v) is 6.37. The van der Waals surface area contributed by atoms with E-state index in [1.807, 2.05) is 0 Å². The number of benzene rings is 1. The molecule has 2 N–H and O–H groups in total. The number of allylic oxidation sites excluding steroid dienone is 1. The van der Waals surface area contributed by atoms with E-state index in [4.69, 9.17) is 10.4 Å². The summed E-state index contributed by atoms with van der Waals surface area (Å²) in [5, 5.41) is 19.9. The number of carbonyl (C=O) groups is 1. The van der Waals surface area contributed by atoms with Crippen molar-refractivity contribution >= 4 is 11.6 Å². The Kier molecular flexibility index (Phi) is 5.91. The largest absolute Gasteiger partial charge is 0.511 e. The number of hydrogen-bond donors (Lipinski definition) is 2. The van der Waals surface area contributed by atoms with Gasteiger partial charge in [-0.15, -0.1) is 0 Å². The molecule has 0 heterocycles. The lowest BCUT2D eigenvalue weighted by Gasteiger charge is -2.23. The first-order valence-electron chi connectivity index (χ1n) is 6.37. The van der Waals surface area contributed by atoms with E-state index in [1.165, 1.54) is 6.07 Å². The van der Waals surface area contributed by atoms with Crippen molar-refractivity contribution in [3.8, 4) is 11.8 Å². The highest BCUT2D eigenvalue weighted by Crippen LogP contribution is 2.36. The van der Waals surface area contributed by atoms with E-state index in [2.05, 4.69) is 10.1 Å². The van der Waals surface area contributed by atoms with Crippen LogP contribution in [0.25, 0.3) is 0 Å². The Bertz CT molecular complexity index is 703. The lowest BCUT2D eigenvalue weighted by Crippen LogP contribution is -2.45. The summed E-state index contributed by atoms with van der Waals surface area (Å²) in [6.45, 7) is 1.09. The number of anilines is 1. The zero-order valence-corrected chi connectivity index (χ0v) is 12.4. The van der Waals surface area contributed by atoms with Crippen molar-refractivity contribution < 1.29 is 41.0 Å². The van der Waals surface area contributed by atoms with Crippen LogP contribution in [0.5, 0.6) is 5.75 Å². The maximum atomic E-state index is 13.1. The van der Waals surface area contributed by atoms with Gasteiger partial charge in [0.05, 0.1) is 0 Å². The highest BCUT2D eigenvalue weighted by atomic mass is 19.4. The van der Waals surface area contributed by atoms with Crippen LogP contribution in [-0.2, 0) is 4.79 Å². The fourth-order valence-corrected chi connectivity index (χ4v) is 1.50. The Balaban J connectivity index is 2.86. The summed E-state index contributed by atoms with van der Waals surface area (Å²) in [5.41, 5.74) is -0.639. The molecule has 0 aliphatic rings. The molecular formula is C14H10F6N2O3. The second kappa shape index (κ2) is 7.33. The molecule has 0 bridgehead atoms. The number of alkyl halides is 6. The number of aliphatic hydroxyl groups excluding tert-OH is 1. The van der Waals surface area contributed by atoms with Crippen molar-refractivity contribution in [1.82, 2.24) is 0 Å². The molecule has 0 radical (unpaired) electrons. The minimum atomic E-state index is -5.81. The number of hydrogen-bond acceptors (Lipinski definition) is 4. The zero-order valence-electron chi connectivity index (χ0n) is 12.4. The molecular weight excluding hydrogens is 358 g/mol. The number of nitrogens with zero attached hydrogens (tertiary/aromatic N) is 1. The van der Waals surface area contributed by atoms with Crippen LogP contribution < -0.4 is 10.1 Å². The average Bonchev–Trinajstić information content (AvgIpc) is 2.47. The SMILES string of the molecule is C/C(O)=C(\C#N)C(=O)Nc1ccc(OC(F)(F)C(F)C(F)(F)F)cc1. The third-order valence-electron chi connectivity index (χ3n) is 2.65. The Morgan fingerprint density at radius 1 is 1.24 bits per heavy atom. The van der Waals surface area contributed by atoms with E-state index in [0.717, 1.165) is 31.2 Å². The van der Waals surface area contributed by atoms with Gasteiger partial charge in [-0.2, -0.15) is 27.2 Å². The van der Waals surface area contributed by atoms with Crippen molar-refractivity contribution in [2.24, 2.45) is 0 Å². The minimum Gasteiger partial charge on any atom is -0.511 e. The van der Waals surface area contributed by atoms with Crippen molar-refractivity contribution in [2.45, 2.75) is 25.4 Å². The molecule has 25 heavy (non-hydrogen) atoms. The molecule has 1 amide bonds. The lowest BCUT2D eigenvalue weighted by molar-refractivity contribution is -0.304. The van der Waals surface area contributed by atoms with Crippen LogP contribution in [0.2, 0.25) is 0 Å². The smallest absolute Gasteiger partial charge is 0.439 e. The first-order chi connectivity index (χ1) is 11.4. The van der Waals surface area contributed by atoms with Gasteiger partial charge in [0.2, 0.25) is 0 Å². The van der Waals surface area contributed by atoms with Gasteiger partial charge in [-0.3, -0.25) is 4.79 Å². The predicted octanol–water partition coefficient (Wildman–Crippen LogP) is 3.85. The topological polar surface area (TPSA) is 82.3 Å². The summed E-state index contributed by atoms with van der Waals surface area (Å²) in [6.07, 6.45) is -15.5. The molecule has 1 unspecified atom stereocenters. The molecule has 0 spiro atoms. The van der Waals surface area contributed by atoms with E-state index in [9.17, 15) is 31.1 Å². The maximum Gasteiger partial charge on any atom is 0.439 e. The molecule has 1 aromatic carbocycles. The van der Waals surface area contributed by atoms with Gasteiger partial charge in [0, 0.05) is 5.69 Å². The van der Waals surface area contributed by atoms with Gasteiger partial charge in [0.15, 0.2) is 5.57 Å². The van der Waals surface area contributed by atoms with Crippen LogP contribution in [0, 0.1) is 11.3 Å². The Labute approximate surface area is 137 Å². The van der Waals surface area contributed by atoms with Gasteiger partial charge in [0.1, 0.15) is 17.6 Å². The minimum absolute atomic E-state index is 0.0395. The van der Waals surface area contributed by atoms with E-state index >= 15 is 0 Å². The van der Waals surface area contributed by atoms with E-state index < -0.39 is 41.4 Å². The van der Waals surface area contributed by atoms with Gasteiger partial charge in [-0.05, 0) is 31.2 Å². The quantitative estimate of drug-likeness (QED) is 0.358. The first kappa shape index (κ1) is 20.1. The number of aliphatic hydroxyl groups is 1. The molecule has 1 atom stereocenters. The highest BCUT2D eigenvalue weighted by molar-refractivity contribution is 6.06. The van der Waals surface area contributed by atoms with Crippen LogP contribution in [0.15, 0.2) is 35.6 Å². The van der Waals surface area contributed by atoms with Crippen molar-refractivity contribution in [2.75, 3.05) is 5.32 Å². The molecule has 5 nitrogen and oxygen atoms in total. The molecule has 0 saturated carbocycles. The summed E-state index contributed by atoms with van der Waals surface area (Å²) in [5.74, 6) is -2.34. The molecule has 1 aromatic rings. The second-order valence-electron chi connectivity index (χ2n) is 4.62. The van der Waals surface area contributed by atoms with Crippen LogP contribution in [0.3, 0.4) is 0 Å². The van der Waals surface area contributed by atoms with Crippen LogP contribution in [0.1, 0.15) is 6.92 Å². The van der Waals surface area contributed by atoms with Gasteiger partial charge in [0.25, 0.3) is 12.1 Å². The number of nitriles is 1. The summed E-state index contributed by atoms with van der Waals surface area (Å²) in [6, 6.07) is 4.88. The van der Waals surface area contributed by atoms with E-state index in [0.29, 0.717) is 0 Å². The lowest BCUT2D eigenvalue weighted by atomic mass is 10.2. The monoisotopic (exact) mass is 368 g/mol. The third-order valence-corrected chi connectivity index (χ3v) is 2.65. The fraction of sp³-hybridized carbons (Fsp3) is 0.286. The Morgan fingerprint density at radius 3 is 2.16 bits per heavy atom. The van der Waals surface area contributed by atoms with Crippen LogP contribution >= 0.6 is 0 Å². The summed E-state index contributed by atoms with van der Waals surface area (Å²) in [7, 11) is 0. The molecule has 0 fully saturated rings. The number of carbonyl (C=O) groups excluding carboxylic acids is 1. The molecule has 0 aromatic heterocycles. The standard InChI is InChI=1S/C14H10F6N2O3/c1-7(23)10(6-21)11(24)22-8-2-4-9(5-3-8)25-14(19,20)12(15)13(16,17)18/h2-5,12,23H,1H3,(H,22,24)/b10-7-. The number of amides is 1. The number of rotatable bonds is 5. The summed E-state index contributed by atoms with van der Waals surface area (Å²) >= 11 is 0. The second-order valence-corrected chi connectivity index (χ2v) is 4.62. The molecule has 0 saturated heterocycles. The fourth-order valence-electron chi connectivity index (χ4n) is 1.50. The van der Waals surface area contributed by atoms with Crippen LogP contribution in [-0.4, -0.2) is 29.5 Å². The Morgan fingerprint density at radius 2 is 1.76 bits per heavy atom. The van der Waals surface area contributed by atoms with Crippen molar-refractivity contribution in [3.05, 3.63) is 35.6 Å². The van der Waals surface area contributed by atoms with E-state index in [1.54, 1.807) is 0 Å². The maximum absolute atomic E-state index is 13.1. The highest BCUT2D eigenvalue weighted by Gasteiger charge is 2.59. The molecule has 0 aliphatic carbocycles. The van der Waals surface area contributed by atoms with Crippen LogP contribution in [0.4, 0.5) is 32.0 Å². The predicted molar refractivity (Wildman–Crippen MR) is 72.5 cm³/mol. The van der Waals surface area contributed by atoms with Crippen molar-refractivity contribution in [3.63, 3.8) is 0 Å². The number of halogens is 6. The molecule has 0 aliphatic heterocycles. The normalized spacial score (nSPS) is 14.2. The Hall–Kier alpha value is -2.90. The van der Waals surface area contributed by atoms with Gasteiger partial charge in [-0.25, -0.2) is 4.39 Å². The summed E-state index contributed by atoms with van der Waals surface area (Å²) in [4.78, 5) is 11.6.